The highest BCUT2D eigenvalue weighted by Crippen LogP contribution is 2.25. The molecule has 0 saturated carbocycles. The van der Waals surface area contributed by atoms with E-state index in [4.69, 9.17) is 27.9 Å². The molecule has 2 aromatic rings. The first-order valence-corrected chi connectivity index (χ1v) is 7.73. The molecule has 0 radical (unpaired) electrons. The summed E-state index contributed by atoms with van der Waals surface area (Å²) in [6.07, 6.45) is 0. The van der Waals surface area contributed by atoms with Gasteiger partial charge in [0.1, 0.15) is 5.75 Å². The molecule has 0 aliphatic carbocycles. The Morgan fingerprint density at radius 2 is 2.00 bits per heavy atom. The van der Waals surface area contributed by atoms with Gasteiger partial charge in [-0.05, 0) is 43.2 Å². The van der Waals surface area contributed by atoms with E-state index >= 15 is 0 Å². The van der Waals surface area contributed by atoms with Gasteiger partial charge in [0.25, 0.3) is 5.91 Å². The normalized spacial score (nSPS) is 10.4. The summed E-state index contributed by atoms with van der Waals surface area (Å²) >= 11 is 12.0. The van der Waals surface area contributed by atoms with Crippen LogP contribution in [0.4, 0.5) is 0 Å². The molecule has 5 heteroatoms. The quantitative estimate of drug-likeness (QED) is 0.863. The highest BCUT2D eigenvalue weighted by molar-refractivity contribution is 6.43. The van der Waals surface area contributed by atoms with E-state index in [-0.39, 0.29) is 10.9 Å². The maximum atomic E-state index is 12.2. The van der Waals surface area contributed by atoms with Gasteiger partial charge in [0.2, 0.25) is 0 Å². The van der Waals surface area contributed by atoms with Crippen LogP contribution in [0.25, 0.3) is 0 Å². The van der Waals surface area contributed by atoms with E-state index in [0.717, 1.165) is 16.9 Å². The minimum absolute atomic E-state index is 0.251. The fourth-order valence-corrected chi connectivity index (χ4v) is 2.48. The van der Waals surface area contributed by atoms with E-state index in [0.29, 0.717) is 23.7 Å². The number of rotatable bonds is 5. The second-order valence-corrected chi connectivity index (χ2v) is 5.60. The Hall–Kier alpha value is -1.71. The lowest BCUT2D eigenvalue weighted by molar-refractivity contribution is 0.0951. The van der Waals surface area contributed by atoms with Crippen molar-refractivity contribution in [1.29, 1.82) is 0 Å². The first-order valence-electron chi connectivity index (χ1n) is 6.97. The molecule has 0 aromatic heterocycles. The molecule has 116 valence electrons. The summed E-state index contributed by atoms with van der Waals surface area (Å²) in [7, 11) is 0. The molecule has 0 atom stereocenters. The number of nitrogens with one attached hydrogen (secondary N) is 1. The third-order valence-electron chi connectivity index (χ3n) is 3.19. The predicted molar refractivity (Wildman–Crippen MR) is 90.0 cm³/mol. The number of benzene rings is 2. The monoisotopic (exact) mass is 337 g/mol. The van der Waals surface area contributed by atoms with Crippen LogP contribution in [-0.4, -0.2) is 12.5 Å². The van der Waals surface area contributed by atoms with Crippen molar-refractivity contribution in [2.75, 3.05) is 6.61 Å². The summed E-state index contributed by atoms with van der Waals surface area (Å²) < 4.78 is 5.50. The molecule has 1 N–H and O–H groups in total. The molecule has 2 rings (SSSR count). The van der Waals surface area contributed by atoms with E-state index in [9.17, 15) is 4.79 Å². The van der Waals surface area contributed by atoms with E-state index in [1.54, 1.807) is 18.2 Å². The molecule has 0 bridgehead atoms. The summed E-state index contributed by atoms with van der Waals surface area (Å²) in [6, 6.07) is 10.8. The van der Waals surface area contributed by atoms with Crippen LogP contribution in [0.15, 0.2) is 36.4 Å². The predicted octanol–water partition coefficient (Wildman–Crippen LogP) is 4.63. The molecule has 3 nitrogen and oxygen atoms in total. The van der Waals surface area contributed by atoms with E-state index < -0.39 is 0 Å². The molecular weight excluding hydrogens is 321 g/mol. The van der Waals surface area contributed by atoms with Gasteiger partial charge >= 0.3 is 0 Å². The molecule has 0 spiro atoms. The van der Waals surface area contributed by atoms with Gasteiger partial charge in [0, 0.05) is 6.54 Å². The van der Waals surface area contributed by atoms with Crippen molar-refractivity contribution in [2.45, 2.75) is 20.4 Å². The molecule has 0 fully saturated rings. The van der Waals surface area contributed by atoms with E-state index in [2.05, 4.69) is 5.32 Å². The van der Waals surface area contributed by atoms with Crippen molar-refractivity contribution in [3.8, 4) is 5.75 Å². The number of carbonyl (C=O) groups excluding carboxylic acids is 1. The molecule has 2 aromatic carbocycles. The van der Waals surface area contributed by atoms with Crippen molar-refractivity contribution in [2.24, 2.45) is 0 Å². The molecule has 0 saturated heterocycles. The van der Waals surface area contributed by atoms with Crippen molar-refractivity contribution in [3.63, 3.8) is 0 Å². The van der Waals surface area contributed by atoms with Gasteiger partial charge in [0.05, 0.1) is 22.2 Å². The summed E-state index contributed by atoms with van der Waals surface area (Å²) in [5, 5.41) is 3.47. The Bertz CT molecular complexity index is 686. The lowest BCUT2D eigenvalue weighted by Gasteiger charge is -2.11. The average molecular weight is 338 g/mol. The maximum Gasteiger partial charge on any atom is 0.253 e. The molecule has 0 aliphatic rings. The largest absolute Gasteiger partial charge is 0.494 e. The first-order chi connectivity index (χ1) is 10.5. The minimum Gasteiger partial charge on any atom is -0.494 e. The van der Waals surface area contributed by atoms with Crippen molar-refractivity contribution in [1.82, 2.24) is 5.32 Å². The zero-order valence-electron chi connectivity index (χ0n) is 12.5. The van der Waals surface area contributed by atoms with Crippen LogP contribution >= 0.6 is 23.2 Å². The van der Waals surface area contributed by atoms with Crippen LogP contribution < -0.4 is 10.1 Å². The topological polar surface area (TPSA) is 38.3 Å². The van der Waals surface area contributed by atoms with Gasteiger partial charge in [-0.3, -0.25) is 4.79 Å². The fourth-order valence-electron chi connectivity index (χ4n) is 2.10. The van der Waals surface area contributed by atoms with Crippen LogP contribution in [0.5, 0.6) is 5.75 Å². The lowest BCUT2D eigenvalue weighted by atomic mass is 10.1. The Morgan fingerprint density at radius 1 is 1.23 bits per heavy atom. The summed E-state index contributed by atoms with van der Waals surface area (Å²) in [5.41, 5.74) is 2.40. The lowest BCUT2D eigenvalue weighted by Crippen LogP contribution is -2.23. The Kier molecular flexibility index (Phi) is 5.69. The van der Waals surface area contributed by atoms with Crippen LogP contribution in [0.2, 0.25) is 10.0 Å². The zero-order valence-corrected chi connectivity index (χ0v) is 14.0. The molecule has 0 aliphatic heterocycles. The average Bonchev–Trinajstić information content (AvgIpc) is 2.50. The minimum atomic E-state index is -0.251. The highest BCUT2D eigenvalue weighted by Gasteiger charge is 2.12. The molecule has 22 heavy (non-hydrogen) atoms. The number of aryl methyl sites for hydroxylation is 1. The van der Waals surface area contributed by atoms with Gasteiger partial charge in [-0.15, -0.1) is 0 Å². The maximum absolute atomic E-state index is 12.2. The van der Waals surface area contributed by atoms with Gasteiger partial charge in [-0.1, -0.05) is 41.4 Å². The van der Waals surface area contributed by atoms with Crippen LogP contribution in [0.1, 0.15) is 28.4 Å². The second-order valence-electron chi connectivity index (χ2n) is 4.82. The first kappa shape index (κ1) is 16.7. The summed E-state index contributed by atoms with van der Waals surface area (Å²) in [5.74, 6) is 0.606. The van der Waals surface area contributed by atoms with E-state index in [1.165, 1.54) is 0 Å². The van der Waals surface area contributed by atoms with Gasteiger partial charge < -0.3 is 10.1 Å². The second kappa shape index (κ2) is 7.52. The van der Waals surface area contributed by atoms with Crippen molar-refractivity contribution in [3.05, 3.63) is 63.1 Å². The third-order valence-corrected chi connectivity index (χ3v) is 4.01. The molecule has 1 amide bonds. The van der Waals surface area contributed by atoms with E-state index in [1.807, 2.05) is 32.0 Å². The van der Waals surface area contributed by atoms with Crippen molar-refractivity contribution < 1.29 is 9.53 Å². The van der Waals surface area contributed by atoms with Gasteiger partial charge in [0.15, 0.2) is 0 Å². The Morgan fingerprint density at radius 3 is 2.68 bits per heavy atom. The number of halogens is 2. The third kappa shape index (κ3) is 3.93. The van der Waals surface area contributed by atoms with Crippen molar-refractivity contribution >= 4 is 29.1 Å². The van der Waals surface area contributed by atoms with Gasteiger partial charge in [-0.25, -0.2) is 0 Å². The number of hydrogen-bond acceptors (Lipinski definition) is 2. The number of amides is 1. The Balaban J connectivity index is 2.05. The Labute approximate surface area is 140 Å². The summed E-state index contributed by atoms with van der Waals surface area (Å²) in [6.45, 7) is 4.96. The standard InChI is InChI=1S/C17H17Cl2NO2/c1-3-22-15-8-7-12(9-11(15)2)10-20-17(21)13-5-4-6-14(18)16(13)19/h4-9H,3,10H2,1-2H3,(H,20,21). The summed E-state index contributed by atoms with van der Waals surface area (Å²) in [4.78, 5) is 12.2. The molecular formula is C17H17Cl2NO2. The molecule has 0 heterocycles. The molecule has 0 unspecified atom stereocenters. The fraction of sp³-hybridized carbons (Fsp3) is 0.235. The zero-order chi connectivity index (χ0) is 16.1. The smallest absolute Gasteiger partial charge is 0.253 e. The van der Waals surface area contributed by atoms with Gasteiger partial charge in [-0.2, -0.15) is 0 Å². The van der Waals surface area contributed by atoms with Crippen LogP contribution in [-0.2, 0) is 6.54 Å². The highest BCUT2D eigenvalue weighted by atomic mass is 35.5. The van der Waals surface area contributed by atoms with Crippen LogP contribution in [0, 0.1) is 6.92 Å². The number of ether oxygens (including phenoxy) is 1. The number of hydrogen-bond donors (Lipinski definition) is 1. The SMILES string of the molecule is CCOc1ccc(CNC(=O)c2cccc(Cl)c2Cl)cc1C. The van der Waals surface area contributed by atoms with Crippen LogP contribution in [0.3, 0.4) is 0 Å². The number of carbonyl (C=O) groups is 1.